The van der Waals surface area contributed by atoms with Crippen LogP contribution < -0.4 is 10.2 Å². The summed E-state index contributed by atoms with van der Waals surface area (Å²) >= 11 is 1.55. The maximum Gasteiger partial charge on any atom is 0.293 e. The summed E-state index contributed by atoms with van der Waals surface area (Å²) in [5, 5.41) is 15.4. The Labute approximate surface area is 171 Å². The molecular weight excluding hydrogens is 416 g/mol. The van der Waals surface area contributed by atoms with Crippen molar-refractivity contribution >= 4 is 53.6 Å². The van der Waals surface area contributed by atoms with Crippen LogP contribution in [-0.4, -0.2) is 50.9 Å². The number of fused-ring (bicyclic) bond motifs is 1. The van der Waals surface area contributed by atoms with Crippen molar-refractivity contribution < 1.29 is 18.1 Å². The molecule has 4 rings (SSSR count). The van der Waals surface area contributed by atoms with Gasteiger partial charge in [-0.3, -0.25) is 10.1 Å². The Bertz CT molecular complexity index is 1190. The summed E-state index contributed by atoms with van der Waals surface area (Å²) in [6.45, 7) is 2.94. The molecule has 0 spiro atoms. The van der Waals surface area contributed by atoms with Gasteiger partial charge in [-0.05, 0) is 30.3 Å². The average Bonchev–Trinajstić information content (AvgIpc) is 3.11. The minimum atomic E-state index is -3.54. The number of benzene rings is 2. The number of nitro benzene ring substituents is 1. The molecule has 1 fully saturated rings. The third-order valence-corrected chi connectivity index (χ3v) is 6.72. The predicted octanol–water partition coefficient (Wildman–Crippen LogP) is 3.19. The van der Waals surface area contributed by atoms with E-state index in [2.05, 4.69) is 15.2 Å². The van der Waals surface area contributed by atoms with E-state index in [0.29, 0.717) is 18.9 Å². The first-order valence-electron chi connectivity index (χ1n) is 8.80. The molecule has 152 valence electrons. The highest BCUT2D eigenvalue weighted by Gasteiger charge is 2.20. The Morgan fingerprint density at radius 2 is 1.97 bits per heavy atom. The fourth-order valence-electron chi connectivity index (χ4n) is 3.03. The highest BCUT2D eigenvalue weighted by molar-refractivity contribution is 7.90. The van der Waals surface area contributed by atoms with Gasteiger partial charge in [0.15, 0.2) is 15.0 Å². The van der Waals surface area contributed by atoms with Crippen LogP contribution in [0.4, 0.5) is 22.2 Å². The van der Waals surface area contributed by atoms with Crippen LogP contribution in [0.15, 0.2) is 41.3 Å². The summed E-state index contributed by atoms with van der Waals surface area (Å²) in [4.78, 5) is 17.6. The Balaban J connectivity index is 1.64. The highest BCUT2D eigenvalue weighted by atomic mass is 32.2. The number of nitro groups is 1. The van der Waals surface area contributed by atoms with Crippen molar-refractivity contribution in [3.63, 3.8) is 0 Å². The topological polar surface area (TPSA) is 115 Å². The number of hydrogen-bond acceptors (Lipinski definition) is 9. The van der Waals surface area contributed by atoms with Crippen LogP contribution in [0.1, 0.15) is 0 Å². The van der Waals surface area contributed by atoms with Gasteiger partial charge in [0.2, 0.25) is 0 Å². The summed E-state index contributed by atoms with van der Waals surface area (Å²) in [7, 11) is -3.54. The largest absolute Gasteiger partial charge is 0.378 e. The van der Waals surface area contributed by atoms with E-state index in [1.54, 1.807) is 17.4 Å². The Morgan fingerprint density at radius 3 is 2.66 bits per heavy atom. The van der Waals surface area contributed by atoms with Crippen molar-refractivity contribution in [1.82, 2.24) is 4.98 Å². The molecule has 9 nitrogen and oxygen atoms in total. The first-order chi connectivity index (χ1) is 13.8. The molecule has 1 saturated heterocycles. The number of hydrogen-bond donors (Lipinski definition) is 1. The van der Waals surface area contributed by atoms with Crippen LogP contribution in [0.5, 0.6) is 0 Å². The molecular formula is C18H18N4O5S2. The fraction of sp³-hybridized carbons (Fsp3) is 0.278. The van der Waals surface area contributed by atoms with Gasteiger partial charge in [0.1, 0.15) is 5.69 Å². The summed E-state index contributed by atoms with van der Waals surface area (Å²) in [5.41, 5.74) is 1.43. The molecule has 29 heavy (non-hydrogen) atoms. The SMILES string of the molecule is CS(=O)(=O)c1ccc(Nc2ccc3nc(N4CCOCC4)sc3c2)c([N+](=O)[O-])c1. The lowest BCUT2D eigenvalue weighted by molar-refractivity contribution is -0.384. The second-order valence-corrected chi connectivity index (χ2v) is 9.64. The van der Waals surface area contributed by atoms with Crippen LogP contribution in [0, 0.1) is 10.1 Å². The molecule has 3 aromatic rings. The number of nitrogens with zero attached hydrogens (tertiary/aromatic N) is 3. The van der Waals surface area contributed by atoms with E-state index in [1.807, 2.05) is 12.1 Å². The van der Waals surface area contributed by atoms with Crippen molar-refractivity contribution in [3.8, 4) is 0 Å². The van der Waals surface area contributed by atoms with Crippen molar-refractivity contribution in [2.24, 2.45) is 0 Å². The number of morpholine rings is 1. The first-order valence-corrected chi connectivity index (χ1v) is 11.5. The maximum atomic E-state index is 11.7. The van der Waals surface area contributed by atoms with Gasteiger partial charge in [0.25, 0.3) is 5.69 Å². The zero-order chi connectivity index (χ0) is 20.6. The summed E-state index contributed by atoms with van der Waals surface area (Å²) in [5.74, 6) is 0. The average molecular weight is 434 g/mol. The van der Waals surface area contributed by atoms with Crippen molar-refractivity contribution in [2.75, 3.05) is 42.8 Å². The van der Waals surface area contributed by atoms with E-state index in [9.17, 15) is 18.5 Å². The molecule has 0 unspecified atom stereocenters. The number of rotatable bonds is 5. The molecule has 0 atom stereocenters. The lowest BCUT2D eigenvalue weighted by atomic mass is 10.2. The Morgan fingerprint density at radius 1 is 1.21 bits per heavy atom. The van der Waals surface area contributed by atoms with Gasteiger partial charge in [-0.2, -0.15) is 0 Å². The van der Waals surface area contributed by atoms with Crippen LogP contribution >= 0.6 is 11.3 Å². The number of anilines is 3. The third kappa shape index (κ3) is 4.16. The fourth-order valence-corrected chi connectivity index (χ4v) is 4.73. The second kappa shape index (κ2) is 7.58. The summed E-state index contributed by atoms with van der Waals surface area (Å²) in [6.07, 6.45) is 1.02. The lowest BCUT2D eigenvalue weighted by Crippen LogP contribution is -2.36. The molecule has 0 saturated carbocycles. The van der Waals surface area contributed by atoms with Gasteiger partial charge in [-0.1, -0.05) is 11.3 Å². The van der Waals surface area contributed by atoms with E-state index in [1.165, 1.54) is 12.1 Å². The Hall–Kier alpha value is -2.76. The quantitative estimate of drug-likeness (QED) is 0.481. The predicted molar refractivity (Wildman–Crippen MR) is 112 cm³/mol. The molecule has 0 bridgehead atoms. The molecule has 2 aromatic carbocycles. The third-order valence-electron chi connectivity index (χ3n) is 4.53. The Kier molecular flexibility index (Phi) is 5.11. The van der Waals surface area contributed by atoms with Gasteiger partial charge in [0, 0.05) is 31.1 Å². The minimum Gasteiger partial charge on any atom is -0.378 e. The second-order valence-electron chi connectivity index (χ2n) is 6.61. The van der Waals surface area contributed by atoms with Crippen LogP contribution in [0.25, 0.3) is 10.2 Å². The van der Waals surface area contributed by atoms with Crippen molar-refractivity contribution in [3.05, 3.63) is 46.5 Å². The van der Waals surface area contributed by atoms with Crippen LogP contribution in [-0.2, 0) is 14.6 Å². The molecule has 1 N–H and O–H groups in total. The molecule has 0 amide bonds. The van der Waals surface area contributed by atoms with E-state index < -0.39 is 14.8 Å². The van der Waals surface area contributed by atoms with Gasteiger partial charge < -0.3 is 15.0 Å². The lowest BCUT2D eigenvalue weighted by Gasteiger charge is -2.25. The minimum absolute atomic E-state index is 0.0946. The molecule has 1 aliphatic rings. The van der Waals surface area contributed by atoms with Crippen LogP contribution in [0.3, 0.4) is 0 Å². The van der Waals surface area contributed by atoms with Crippen LogP contribution in [0.2, 0.25) is 0 Å². The van der Waals surface area contributed by atoms with Gasteiger partial charge in [-0.25, -0.2) is 13.4 Å². The van der Waals surface area contributed by atoms with Gasteiger partial charge in [0.05, 0.1) is 33.2 Å². The normalized spacial score (nSPS) is 14.9. The highest BCUT2D eigenvalue weighted by Crippen LogP contribution is 2.34. The molecule has 11 heteroatoms. The number of thiazole rings is 1. The molecule has 2 heterocycles. The summed E-state index contributed by atoms with van der Waals surface area (Å²) < 4.78 is 29.7. The molecule has 0 radical (unpaired) electrons. The zero-order valence-corrected chi connectivity index (χ0v) is 17.1. The standard InChI is InChI=1S/C18H18N4O5S2/c1-29(25,26)13-3-5-14(16(11-13)22(23)24)19-12-2-4-15-17(10-12)28-18(20-15)21-6-8-27-9-7-21/h2-5,10-11,19H,6-9H2,1H3. The zero-order valence-electron chi connectivity index (χ0n) is 15.5. The summed E-state index contributed by atoms with van der Waals surface area (Å²) in [6, 6.07) is 9.36. The monoisotopic (exact) mass is 434 g/mol. The van der Waals surface area contributed by atoms with Crippen molar-refractivity contribution in [1.29, 1.82) is 0 Å². The number of aromatic nitrogens is 1. The number of ether oxygens (including phenoxy) is 1. The van der Waals surface area contributed by atoms with E-state index in [4.69, 9.17) is 4.74 Å². The van der Waals surface area contributed by atoms with Gasteiger partial charge >= 0.3 is 0 Å². The molecule has 0 aliphatic carbocycles. The van der Waals surface area contributed by atoms with Crippen molar-refractivity contribution in [2.45, 2.75) is 4.90 Å². The number of nitrogens with one attached hydrogen (secondary N) is 1. The number of sulfone groups is 1. The molecule has 1 aliphatic heterocycles. The molecule has 1 aromatic heterocycles. The van der Waals surface area contributed by atoms with E-state index >= 15 is 0 Å². The maximum absolute atomic E-state index is 11.7. The first kappa shape index (κ1) is 19.6. The van der Waals surface area contributed by atoms with Gasteiger partial charge in [-0.15, -0.1) is 0 Å². The van der Waals surface area contributed by atoms with E-state index in [-0.39, 0.29) is 16.3 Å². The van der Waals surface area contributed by atoms with E-state index in [0.717, 1.165) is 40.8 Å². The smallest absolute Gasteiger partial charge is 0.293 e.